The van der Waals surface area contributed by atoms with Gasteiger partial charge in [-0.05, 0) is 18.6 Å². The average Bonchev–Trinajstić information content (AvgIpc) is 2.74. The first-order valence-electron chi connectivity index (χ1n) is 6.35. The molecule has 3 rings (SSSR count). The second-order valence-corrected chi connectivity index (χ2v) is 4.63. The number of fused-ring (bicyclic) bond motifs is 1. The Balaban J connectivity index is 2.02. The fourth-order valence-electron chi connectivity index (χ4n) is 2.23. The summed E-state index contributed by atoms with van der Waals surface area (Å²) in [7, 11) is 7.46. The highest BCUT2D eigenvalue weighted by atomic mass is 16.5. The molecular weight excluding hydrogens is 255 g/mol. The van der Waals surface area contributed by atoms with Gasteiger partial charge in [-0.3, -0.25) is 4.79 Å². The fraction of sp³-hybridized carbons (Fsp3) is 0.308. The Morgan fingerprint density at radius 2 is 2.30 bits per heavy atom. The summed E-state index contributed by atoms with van der Waals surface area (Å²) in [4.78, 5) is 14.3. The van der Waals surface area contributed by atoms with E-state index in [1.807, 2.05) is 0 Å². The number of ether oxygens (including phenoxy) is 1. The zero-order chi connectivity index (χ0) is 14.1. The Morgan fingerprint density at radius 1 is 1.45 bits per heavy atom. The highest BCUT2D eigenvalue weighted by molar-refractivity contribution is 6.32. The molecular formula is C13H13BN4O2. The maximum absolute atomic E-state index is 12.6. The van der Waals surface area contributed by atoms with Crippen molar-refractivity contribution in [2.75, 3.05) is 18.1 Å². The lowest BCUT2D eigenvalue weighted by Crippen LogP contribution is -2.33. The van der Waals surface area contributed by atoms with E-state index in [2.05, 4.69) is 10.3 Å². The SMILES string of the molecule is [B]c1ccc2c(c1)OCCCN2C(=O)c1cnnn1C. The lowest BCUT2D eigenvalue weighted by molar-refractivity contribution is 0.0978. The van der Waals surface area contributed by atoms with Crippen molar-refractivity contribution in [1.82, 2.24) is 15.0 Å². The third-order valence-electron chi connectivity index (χ3n) is 3.24. The average molecular weight is 268 g/mol. The molecule has 2 radical (unpaired) electrons. The summed E-state index contributed by atoms with van der Waals surface area (Å²) in [5, 5.41) is 7.54. The van der Waals surface area contributed by atoms with Gasteiger partial charge in [0.1, 0.15) is 19.3 Å². The molecule has 7 heteroatoms. The molecule has 0 saturated heterocycles. The predicted octanol–water partition coefficient (Wildman–Crippen LogP) is 0.0382. The number of hydrogen-bond donors (Lipinski definition) is 0. The number of carbonyl (C=O) groups is 1. The molecule has 2 aromatic rings. The van der Waals surface area contributed by atoms with E-state index in [4.69, 9.17) is 12.6 Å². The van der Waals surface area contributed by atoms with E-state index >= 15 is 0 Å². The van der Waals surface area contributed by atoms with Crippen LogP contribution in [-0.4, -0.2) is 41.9 Å². The number of benzene rings is 1. The van der Waals surface area contributed by atoms with E-state index in [1.165, 1.54) is 10.9 Å². The van der Waals surface area contributed by atoms with Crippen molar-refractivity contribution in [2.24, 2.45) is 7.05 Å². The third-order valence-corrected chi connectivity index (χ3v) is 3.24. The number of carbonyl (C=O) groups excluding carboxylic acids is 1. The number of anilines is 1. The summed E-state index contributed by atoms with van der Waals surface area (Å²) in [6, 6.07) is 5.30. The number of aryl methyl sites for hydroxylation is 1. The van der Waals surface area contributed by atoms with Crippen molar-refractivity contribution in [3.05, 3.63) is 30.1 Å². The van der Waals surface area contributed by atoms with Gasteiger partial charge in [-0.2, -0.15) is 0 Å². The highest BCUT2D eigenvalue weighted by Gasteiger charge is 2.25. The molecule has 1 amide bonds. The van der Waals surface area contributed by atoms with Gasteiger partial charge in [-0.1, -0.05) is 16.7 Å². The van der Waals surface area contributed by atoms with E-state index in [9.17, 15) is 4.79 Å². The first kappa shape index (κ1) is 12.7. The summed E-state index contributed by atoms with van der Waals surface area (Å²) in [5.41, 5.74) is 1.78. The van der Waals surface area contributed by atoms with Gasteiger partial charge in [0, 0.05) is 13.6 Å². The minimum Gasteiger partial charge on any atom is -0.491 e. The molecule has 100 valence electrons. The van der Waals surface area contributed by atoms with Crippen LogP contribution in [0.3, 0.4) is 0 Å². The number of aromatic nitrogens is 3. The van der Waals surface area contributed by atoms with E-state index in [0.717, 1.165) is 12.1 Å². The molecule has 6 nitrogen and oxygen atoms in total. The third kappa shape index (κ3) is 2.15. The molecule has 1 aliphatic rings. The van der Waals surface area contributed by atoms with Gasteiger partial charge in [0.25, 0.3) is 5.91 Å². The van der Waals surface area contributed by atoms with Crippen molar-refractivity contribution in [1.29, 1.82) is 0 Å². The second-order valence-electron chi connectivity index (χ2n) is 4.63. The monoisotopic (exact) mass is 268 g/mol. The zero-order valence-electron chi connectivity index (χ0n) is 11.1. The molecule has 20 heavy (non-hydrogen) atoms. The Morgan fingerprint density at radius 3 is 3.05 bits per heavy atom. The van der Waals surface area contributed by atoms with E-state index in [-0.39, 0.29) is 5.91 Å². The summed E-state index contributed by atoms with van der Waals surface area (Å²) in [6.07, 6.45) is 2.22. The molecule has 0 unspecified atom stereocenters. The molecule has 1 aromatic carbocycles. The van der Waals surface area contributed by atoms with Gasteiger partial charge in [-0.15, -0.1) is 5.10 Å². The van der Waals surface area contributed by atoms with Crippen LogP contribution in [0, 0.1) is 0 Å². The molecule has 0 N–H and O–H groups in total. The molecule has 0 bridgehead atoms. The molecule has 1 aromatic heterocycles. The minimum absolute atomic E-state index is 0.144. The second kappa shape index (κ2) is 4.99. The number of amides is 1. The number of nitrogens with zero attached hydrogens (tertiary/aromatic N) is 4. The van der Waals surface area contributed by atoms with Gasteiger partial charge in [-0.25, -0.2) is 4.68 Å². The fourth-order valence-corrected chi connectivity index (χ4v) is 2.23. The van der Waals surface area contributed by atoms with Gasteiger partial charge < -0.3 is 9.64 Å². The Bertz CT molecular complexity index is 656. The van der Waals surface area contributed by atoms with E-state index in [0.29, 0.717) is 30.1 Å². The smallest absolute Gasteiger partial charge is 0.278 e. The normalized spacial score (nSPS) is 14.3. The van der Waals surface area contributed by atoms with Crippen molar-refractivity contribution in [3.8, 4) is 5.75 Å². The maximum Gasteiger partial charge on any atom is 0.278 e. The van der Waals surface area contributed by atoms with Crippen LogP contribution in [0.25, 0.3) is 0 Å². The van der Waals surface area contributed by atoms with Crippen LogP contribution in [0.2, 0.25) is 0 Å². The molecule has 0 aliphatic carbocycles. The predicted molar refractivity (Wildman–Crippen MR) is 74.6 cm³/mol. The minimum atomic E-state index is -0.144. The topological polar surface area (TPSA) is 60.2 Å². The summed E-state index contributed by atoms with van der Waals surface area (Å²) >= 11 is 0. The Kier molecular flexibility index (Phi) is 3.18. The lowest BCUT2D eigenvalue weighted by atomic mass is 9.95. The van der Waals surface area contributed by atoms with Crippen molar-refractivity contribution in [2.45, 2.75) is 6.42 Å². The first-order chi connectivity index (χ1) is 9.66. The molecule has 0 spiro atoms. The Labute approximate surface area is 117 Å². The Hall–Kier alpha value is -2.31. The van der Waals surface area contributed by atoms with E-state index in [1.54, 1.807) is 30.1 Å². The van der Waals surface area contributed by atoms with Gasteiger partial charge in [0.05, 0.1) is 18.5 Å². The number of rotatable bonds is 1. The van der Waals surface area contributed by atoms with Crippen molar-refractivity contribution >= 4 is 24.9 Å². The molecule has 0 atom stereocenters. The lowest BCUT2D eigenvalue weighted by Gasteiger charge is -2.21. The van der Waals surface area contributed by atoms with Crippen LogP contribution in [-0.2, 0) is 7.05 Å². The van der Waals surface area contributed by atoms with Crippen LogP contribution in [0.5, 0.6) is 5.75 Å². The van der Waals surface area contributed by atoms with Crippen LogP contribution in [0.1, 0.15) is 16.9 Å². The van der Waals surface area contributed by atoms with Gasteiger partial charge in [0.2, 0.25) is 0 Å². The van der Waals surface area contributed by atoms with Crippen molar-refractivity contribution < 1.29 is 9.53 Å². The zero-order valence-corrected chi connectivity index (χ0v) is 11.1. The standard InChI is InChI=1S/C13H13BN4O2/c1-17-11(8-15-16-17)13(19)18-5-2-6-20-12-7-9(14)3-4-10(12)18/h3-4,7-8H,2,5-6H2,1H3. The van der Waals surface area contributed by atoms with Gasteiger partial charge in [0.15, 0.2) is 0 Å². The largest absolute Gasteiger partial charge is 0.491 e. The van der Waals surface area contributed by atoms with Crippen LogP contribution >= 0.6 is 0 Å². The molecule has 1 aliphatic heterocycles. The van der Waals surface area contributed by atoms with Crippen molar-refractivity contribution in [3.63, 3.8) is 0 Å². The van der Waals surface area contributed by atoms with Crippen LogP contribution in [0.15, 0.2) is 24.4 Å². The van der Waals surface area contributed by atoms with Gasteiger partial charge >= 0.3 is 0 Å². The molecule has 0 fully saturated rings. The first-order valence-corrected chi connectivity index (χ1v) is 6.35. The quantitative estimate of drug-likeness (QED) is 0.685. The summed E-state index contributed by atoms with van der Waals surface area (Å²) < 4.78 is 7.11. The molecule has 0 saturated carbocycles. The summed E-state index contributed by atoms with van der Waals surface area (Å²) in [6.45, 7) is 1.14. The van der Waals surface area contributed by atoms with Crippen LogP contribution in [0.4, 0.5) is 5.69 Å². The summed E-state index contributed by atoms with van der Waals surface area (Å²) in [5.74, 6) is 0.486. The highest BCUT2D eigenvalue weighted by Crippen LogP contribution is 2.30. The van der Waals surface area contributed by atoms with Crippen LogP contribution < -0.4 is 15.1 Å². The maximum atomic E-state index is 12.6. The molecule has 2 heterocycles. The van der Waals surface area contributed by atoms with E-state index < -0.39 is 0 Å². The number of hydrogen-bond acceptors (Lipinski definition) is 4.